The second kappa shape index (κ2) is 5.54. The molecule has 0 amide bonds. The van der Waals surface area contributed by atoms with E-state index in [1.54, 1.807) is 24.5 Å². The van der Waals surface area contributed by atoms with Crippen molar-refractivity contribution in [3.8, 4) is 0 Å². The number of rotatable bonds is 3. The molecule has 4 nitrogen and oxygen atoms in total. The molecule has 0 aliphatic carbocycles. The number of hydrogen-bond acceptors (Lipinski definition) is 4. The van der Waals surface area contributed by atoms with Crippen molar-refractivity contribution in [1.82, 2.24) is 9.97 Å². The number of hydrogen-bond donors (Lipinski definition) is 1. The molecule has 0 fully saturated rings. The molecule has 0 radical (unpaired) electrons. The van der Waals surface area contributed by atoms with E-state index in [1.807, 2.05) is 31.2 Å². The van der Waals surface area contributed by atoms with Crippen LogP contribution < -0.4 is 0 Å². The van der Waals surface area contributed by atoms with Gasteiger partial charge < -0.3 is 5.11 Å². The van der Waals surface area contributed by atoms with Crippen LogP contribution in [-0.2, 0) is 0 Å². The standard InChI is InChI=1S/C16H12N2O2S/c1-10-8-17-16(18-9-10)21-14-7-6-13(15(19)20)11-4-2-3-5-12(11)14/h2-9H,1H3,(H,19,20). The predicted octanol–water partition coefficient (Wildman–Crippen LogP) is 3.79. The Labute approximate surface area is 125 Å². The lowest BCUT2D eigenvalue weighted by atomic mass is 10.0. The van der Waals surface area contributed by atoms with E-state index in [0.717, 1.165) is 21.2 Å². The van der Waals surface area contributed by atoms with E-state index in [-0.39, 0.29) is 0 Å². The summed E-state index contributed by atoms with van der Waals surface area (Å²) in [7, 11) is 0. The van der Waals surface area contributed by atoms with Gasteiger partial charge >= 0.3 is 5.97 Å². The summed E-state index contributed by atoms with van der Waals surface area (Å²) in [5.41, 5.74) is 1.31. The van der Waals surface area contributed by atoms with Crippen LogP contribution in [-0.4, -0.2) is 21.0 Å². The highest BCUT2D eigenvalue weighted by Crippen LogP contribution is 2.33. The summed E-state index contributed by atoms with van der Waals surface area (Å²) in [6, 6.07) is 10.9. The average molecular weight is 296 g/mol. The summed E-state index contributed by atoms with van der Waals surface area (Å²) in [5, 5.41) is 11.5. The van der Waals surface area contributed by atoms with Gasteiger partial charge in [-0.25, -0.2) is 14.8 Å². The highest BCUT2D eigenvalue weighted by molar-refractivity contribution is 7.99. The second-order valence-electron chi connectivity index (χ2n) is 4.61. The summed E-state index contributed by atoms with van der Waals surface area (Å²) < 4.78 is 0. The zero-order valence-electron chi connectivity index (χ0n) is 11.3. The van der Waals surface area contributed by atoms with Gasteiger partial charge in [0.2, 0.25) is 0 Å². The van der Waals surface area contributed by atoms with Crippen LogP contribution >= 0.6 is 11.8 Å². The minimum absolute atomic E-state index is 0.305. The first-order chi connectivity index (χ1) is 10.1. The largest absolute Gasteiger partial charge is 0.478 e. The van der Waals surface area contributed by atoms with Crippen LogP contribution in [0.5, 0.6) is 0 Å². The summed E-state index contributed by atoms with van der Waals surface area (Å²) in [6.07, 6.45) is 3.53. The number of aromatic carboxylic acids is 1. The Balaban J connectivity index is 2.09. The number of aromatic nitrogens is 2. The van der Waals surface area contributed by atoms with Crippen LogP contribution in [0.1, 0.15) is 15.9 Å². The Hall–Kier alpha value is -2.40. The summed E-state index contributed by atoms with van der Waals surface area (Å²) >= 11 is 1.43. The Morgan fingerprint density at radius 2 is 1.71 bits per heavy atom. The van der Waals surface area contributed by atoms with E-state index >= 15 is 0 Å². The fourth-order valence-corrected chi connectivity index (χ4v) is 2.91. The lowest BCUT2D eigenvalue weighted by Gasteiger charge is -2.08. The topological polar surface area (TPSA) is 63.1 Å². The van der Waals surface area contributed by atoms with E-state index in [0.29, 0.717) is 10.7 Å². The molecule has 104 valence electrons. The maximum absolute atomic E-state index is 11.3. The maximum Gasteiger partial charge on any atom is 0.336 e. The molecular formula is C16H12N2O2S. The van der Waals surface area contributed by atoms with Crippen LogP contribution in [0.25, 0.3) is 10.8 Å². The third kappa shape index (κ3) is 2.73. The molecule has 0 spiro atoms. The van der Waals surface area contributed by atoms with Crippen molar-refractivity contribution >= 4 is 28.5 Å². The molecule has 1 aromatic heterocycles. The first kappa shape index (κ1) is 13.6. The van der Waals surface area contributed by atoms with Gasteiger partial charge in [-0.15, -0.1) is 0 Å². The molecule has 1 N–H and O–H groups in total. The Bertz CT molecular complexity index is 816. The minimum atomic E-state index is -0.922. The minimum Gasteiger partial charge on any atom is -0.478 e. The fraction of sp³-hybridized carbons (Fsp3) is 0.0625. The lowest BCUT2D eigenvalue weighted by molar-refractivity contribution is 0.0699. The van der Waals surface area contributed by atoms with E-state index < -0.39 is 5.97 Å². The van der Waals surface area contributed by atoms with Gasteiger partial charge in [0, 0.05) is 17.3 Å². The third-order valence-electron chi connectivity index (χ3n) is 3.07. The number of aryl methyl sites for hydroxylation is 1. The maximum atomic E-state index is 11.3. The summed E-state index contributed by atoms with van der Waals surface area (Å²) in [4.78, 5) is 20.8. The Kier molecular flexibility index (Phi) is 3.58. The van der Waals surface area contributed by atoms with Gasteiger partial charge in [0.15, 0.2) is 5.16 Å². The lowest BCUT2D eigenvalue weighted by Crippen LogP contribution is -1.98. The average Bonchev–Trinajstić information content (AvgIpc) is 2.49. The van der Waals surface area contributed by atoms with Crippen molar-refractivity contribution in [2.45, 2.75) is 17.0 Å². The highest BCUT2D eigenvalue weighted by Gasteiger charge is 2.12. The van der Waals surface area contributed by atoms with Crippen molar-refractivity contribution in [2.24, 2.45) is 0 Å². The van der Waals surface area contributed by atoms with Crippen LogP contribution in [0.15, 0.2) is 58.8 Å². The smallest absolute Gasteiger partial charge is 0.336 e. The third-order valence-corrected chi connectivity index (χ3v) is 4.04. The van der Waals surface area contributed by atoms with Gasteiger partial charge in [-0.1, -0.05) is 24.3 Å². The summed E-state index contributed by atoms with van der Waals surface area (Å²) in [6.45, 7) is 1.94. The van der Waals surface area contributed by atoms with Crippen LogP contribution in [0.4, 0.5) is 0 Å². The van der Waals surface area contributed by atoms with Crippen molar-refractivity contribution < 1.29 is 9.90 Å². The Morgan fingerprint density at radius 3 is 2.38 bits per heavy atom. The Morgan fingerprint density at radius 1 is 1.05 bits per heavy atom. The monoisotopic (exact) mass is 296 g/mol. The summed E-state index contributed by atoms with van der Waals surface area (Å²) in [5.74, 6) is -0.922. The van der Waals surface area contributed by atoms with Gasteiger partial charge in [0.1, 0.15) is 0 Å². The fourth-order valence-electron chi connectivity index (χ4n) is 2.08. The van der Waals surface area contributed by atoms with E-state index in [1.165, 1.54) is 11.8 Å². The van der Waals surface area contributed by atoms with Crippen LogP contribution in [0, 0.1) is 6.92 Å². The first-order valence-corrected chi connectivity index (χ1v) is 7.18. The molecule has 3 rings (SSSR count). The van der Waals surface area contributed by atoms with Gasteiger partial charge in [-0.2, -0.15) is 0 Å². The number of carboxylic acid groups (broad SMARTS) is 1. The SMILES string of the molecule is Cc1cnc(Sc2ccc(C(=O)O)c3ccccc23)nc1. The van der Waals surface area contributed by atoms with Gasteiger partial charge in [-0.3, -0.25) is 0 Å². The molecule has 0 aliphatic rings. The van der Waals surface area contributed by atoms with Crippen molar-refractivity contribution in [2.75, 3.05) is 0 Å². The number of fused-ring (bicyclic) bond motifs is 1. The molecule has 2 aromatic carbocycles. The van der Waals surface area contributed by atoms with Crippen molar-refractivity contribution in [3.05, 3.63) is 59.9 Å². The first-order valence-electron chi connectivity index (χ1n) is 6.36. The molecule has 0 aliphatic heterocycles. The number of benzene rings is 2. The van der Waals surface area contributed by atoms with Crippen LogP contribution in [0.3, 0.4) is 0 Å². The van der Waals surface area contributed by atoms with Crippen LogP contribution in [0.2, 0.25) is 0 Å². The zero-order valence-corrected chi connectivity index (χ0v) is 12.1. The predicted molar refractivity (Wildman–Crippen MR) is 81.8 cm³/mol. The highest BCUT2D eigenvalue weighted by atomic mass is 32.2. The van der Waals surface area contributed by atoms with E-state index in [4.69, 9.17) is 0 Å². The molecule has 0 saturated heterocycles. The molecule has 1 heterocycles. The molecule has 0 atom stereocenters. The van der Waals surface area contributed by atoms with E-state index in [9.17, 15) is 9.90 Å². The van der Waals surface area contributed by atoms with E-state index in [2.05, 4.69) is 9.97 Å². The second-order valence-corrected chi connectivity index (χ2v) is 5.62. The van der Waals surface area contributed by atoms with Gasteiger partial charge in [-0.05, 0) is 47.2 Å². The number of carbonyl (C=O) groups is 1. The quantitative estimate of drug-likeness (QED) is 0.745. The molecule has 0 unspecified atom stereocenters. The normalized spacial score (nSPS) is 10.7. The molecule has 0 saturated carbocycles. The van der Waals surface area contributed by atoms with Gasteiger partial charge in [0.05, 0.1) is 5.56 Å². The molecule has 0 bridgehead atoms. The number of carboxylic acids is 1. The molecule has 21 heavy (non-hydrogen) atoms. The van der Waals surface area contributed by atoms with Crippen molar-refractivity contribution in [1.29, 1.82) is 0 Å². The molecule has 5 heteroatoms. The van der Waals surface area contributed by atoms with Crippen molar-refractivity contribution in [3.63, 3.8) is 0 Å². The number of nitrogens with zero attached hydrogens (tertiary/aromatic N) is 2. The molecule has 3 aromatic rings. The zero-order chi connectivity index (χ0) is 14.8. The molecular weight excluding hydrogens is 284 g/mol. The van der Waals surface area contributed by atoms with Gasteiger partial charge in [0.25, 0.3) is 0 Å².